The van der Waals surface area contributed by atoms with Crippen LogP contribution in [0.5, 0.6) is 0 Å². The summed E-state index contributed by atoms with van der Waals surface area (Å²) in [6.45, 7) is 2.68. The van der Waals surface area contributed by atoms with E-state index < -0.39 is 0 Å². The standard InChI is InChI=1S/C18H21FN2OS.ClH/c1-20-12-13-8-10-21(11-9-13)18(22)17-7-6-16(23-17)14-2-4-15(19)5-3-14;/h2-7,13,20H,8-12H2,1H3;1H. The summed E-state index contributed by atoms with van der Waals surface area (Å²) in [6.07, 6.45) is 2.12. The third-order valence-corrected chi connectivity index (χ3v) is 5.46. The van der Waals surface area contributed by atoms with Crippen molar-refractivity contribution in [2.75, 3.05) is 26.7 Å². The zero-order valence-corrected chi connectivity index (χ0v) is 15.3. The molecule has 0 bridgehead atoms. The maximum atomic E-state index is 13.0. The lowest BCUT2D eigenvalue weighted by atomic mass is 9.97. The molecule has 2 heterocycles. The van der Waals surface area contributed by atoms with Crippen LogP contribution < -0.4 is 5.32 Å². The molecule has 24 heavy (non-hydrogen) atoms. The van der Waals surface area contributed by atoms with Crippen LogP contribution in [0.15, 0.2) is 36.4 Å². The van der Waals surface area contributed by atoms with Crippen LogP contribution in [0.25, 0.3) is 10.4 Å². The van der Waals surface area contributed by atoms with Gasteiger partial charge in [-0.25, -0.2) is 4.39 Å². The number of amides is 1. The fourth-order valence-corrected chi connectivity index (χ4v) is 3.99. The van der Waals surface area contributed by atoms with Gasteiger partial charge in [0.25, 0.3) is 5.91 Å². The molecular weight excluding hydrogens is 347 g/mol. The number of nitrogens with one attached hydrogen (secondary N) is 1. The number of rotatable bonds is 4. The first-order valence-electron chi connectivity index (χ1n) is 7.97. The molecule has 0 unspecified atom stereocenters. The van der Waals surface area contributed by atoms with Crippen molar-refractivity contribution in [3.8, 4) is 10.4 Å². The first-order chi connectivity index (χ1) is 11.2. The van der Waals surface area contributed by atoms with Crippen molar-refractivity contribution in [1.29, 1.82) is 0 Å². The van der Waals surface area contributed by atoms with Crippen molar-refractivity contribution in [1.82, 2.24) is 10.2 Å². The number of halogens is 2. The van der Waals surface area contributed by atoms with Gasteiger partial charge >= 0.3 is 0 Å². The molecule has 1 aromatic carbocycles. The molecule has 2 aromatic rings. The number of benzene rings is 1. The maximum Gasteiger partial charge on any atom is 0.263 e. The number of carbonyl (C=O) groups is 1. The Morgan fingerprint density at radius 2 is 1.88 bits per heavy atom. The third-order valence-electron chi connectivity index (χ3n) is 4.34. The number of likely N-dealkylation sites (tertiary alicyclic amines) is 1. The average molecular weight is 369 g/mol. The molecule has 6 heteroatoms. The molecule has 0 radical (unpaired) electrons. The molecular formula is C18H22ClFN2OS. The molecule has 1 aromatic heterocycles. The van der Waals surface area contributed by atoms with Gasteiger partial charge in [-0.05, 0) is 62.2 Å². The number of piperidine rings is 1. The first kappa shape index (κ1) is 18.9. The number of nitrogens with zero attached hydrogens (tertiary/aromatic N) is 1. The number of thiophene rings is 1. The Kier molecular flexibility index (Phi) is 6.78. The second-order valence-corrected chi connectivity index (χ2v) is 7.05. The van der Waals surface area contributed by atoms with Gasteiger partial charge in [-0.2, -0.15) is 0 Å². The van der Waals surface area contributed by atoms with E-state index in [1.807, 2.05) is 24.1 Å². The quantitative estimate of drug-likeness (QED) is 0.883. The molecule has 1 saturated heterocycles. The summed E-state index contributed by atoms with van der Waals surface area (Å²) in [5, 5.41) is 3.21. The van der Waals surface area contributed by atoms with Crippen LogP contribution in [0.4, 0.5) is 4.39 Å². The summed E-state index contributed by atoms with van der Waals surface area (Å²) < 4.78 is 13.0. The molecule has 130 valence electrons. The molecule has 1 N–H and O–H groups in total. The Morgan fingerprint density at radius 1 is 1.21 bits per heavy atom. The summed E-state index contributed by atoms with van der Waals surface area (Å²) in [5.74, 6) is 0.541. The van der Waals surface area contributed by atoms with Gasteiger partial charge in [0, 0.05) is 18.0 Å². The number of hydrogen-bond donors (Lipinski definition) is 1. The van der Waals surface area contributed by atoms with Crippen molar-refractivity contribution >= 4 is 29.7 Å². The van der Waals surface area contributed by atoms with Crippen molar-refractivity contribution in [3.05, 3.63) is 47.1 Å². The molecule has 0 aliphatic carbocycles. The Labute approximate surface area is 152 Å². The fourth-order valence-electron chi connectivity index (χ4n) is 3.01. The van der Waals surface area contributed by atoms with Gasteiger partial charge in [-0.3, -0.25) is 4.79 Å². The summed E-state index contributed by atoms with van der Waals surface area (Å²) >= 11 is 1.48. The lowest BCUT2D eigenvalue weighted by Gasteiger charge is -2.31. The van der Waals surface area contributed by atoms with Crippen LogP contribution in [0.2, 0.25) is 0 Å². The van der Waals surface area contributed by atoms with Crippen molar-refractivity contribution in [3.63, 3.8) is 0 Å². The van der Waals surface area contributed by atoms with E-state index in [1.165, 1.54) is 23.5 Å². The lowest BCUT2D eigenvalue weighted by molar-refractivity contribution is 0.0696. The molecule has 3 nitrogen and oxygen atoms in total. The van der Waals surface area contributed by atoms with E-state index in [1.54, 1.807) is 12.1 Å². The maximum absolute atomic E-state index is 13.0. The molecule has 1 fully saturated rings. The second kappa shape index (κ2) is 8.60. The van der Waals surface area contributed by atoms with E-state index in [-0.39, 0.29) is 24.1 Å². The largest absolute Gasteiger partial charge is 0.338 e. The molecule has 1 amide bonds. The van der Waals surface area contributed by atoms with E-state index in [9.17, 15) is 9.18 Å². The summed E-state index contributed by atoms with van der Waals surface area (Å²) in [4.78, 5) is 16.3. The van der Waals surface area contributed by atoms with Gasteiger partial charge < -0.3 is 10.2 Å². The van der Waals surface area contributed by atoms with Gasteiger partial charge in [0.2, 0.25) is 0 Å². The molecule has 1 aliphatic rings. The van der Waals surface area contributed by atoms with Crippen molar-refractivity contribution < 1.29 is 9.18 Å². The van der Waals surface area contributed by atoms with Gasteiger partial charge in [-0.1, -0.05) is 12.1 Å². The van der Waals surface area contributed by atoms with E-state index >= 15 is 0 Å². The third kappa shape index (κ3) is 4.35. The Bertz CT molecular complexity index is 666. The highest BCUT2D eigenvalue weighted by Crippen LogP contribution is 2.29. The minimum Gasteiger partial charge on any atom is -0.338 e. The highest BCUT2D eigenvalue weighted by atomic mass is 35.5. The number of carbonyl (C=O) groups excluding carboxylic acids is 1. The average Bonchev–Trinajstić information content (AvgIpc) is 3.06. The summed E-state index contributed by atoms with van der Waals surface area (Å²) in [7, 11) is 1.97. The Hall–Kier alpha value is -1.43. The van der Waals surface area contributed by atoms with Crippen LogP contribution >= 0.6 is 23.7 Å². The zero-order valence-electron chi connectivity index (χ0n) is 13.6. The molecule has 0 saturated carbocycles. The van der Waals surface area contributed by atoms with E-state index in [2.05, 4.69) is 5.32 Å². The van der Waals surface area contributed by atoms with Gasteiger partial charge in [-0.15, -0.1) is 23.7 Å². The van der Waals surface area contributed by atoms with Gasteiger partial charge in [0.15, 0.2) is 0 Å². The predicted molar refractivity (Wildman–Crippen MR) is 99.5 cm³/mol. The van der Waals surface area contributed by atoms with E-state index in [4.69, 9.17) is 0 Å². The summed E-state index contributed by atoms with van der Waals surface area (Å²) in [6, 6.07) is 10.2. The van der Waals surface area contributed by atoms with Crippen LogP contribution in [-0.4, -0.2) is 37.5 Å². The van der Waals surface area contributed by atoms with E-state index in [0.717, 1.165) is 47.8 Å². The van der Waals surface area contributed by atoms with E-state index in [0.29, 0.717) is 5.92 Å². The minimum absolute atomic E-state index is 0. The van der Waals surface area contributed by atoms with Crippen molar-refractivity contribution in [2.45, 2.75) is 12.8 Å². The van der Waals surface area contributed by atoms with Crippen molar-refractivity contribution in [2.24, 2.45) is 5.92 Å². The predicted octanol–water partition coefficient (Wildman–Crippen LogP) is 4.05. The van der Waals surface area contributed by atoms with Gasteiger partial charge in [0.05, 0.1) is 4.88 Å². The minimum atomic E-state index is -0.244. The lowest BCUT2D eigenvalue weighted by Crippen LogP contribution is -2.40. The summed E-state index contributed by atoms with van der Waals surface area (Å²) in [5.41, 5.74) is 0.947. The second-order valence-electron chi connectivity index (χ2n) is 5.96. The Morgan fingerprint density at radius 3 is 2.50 bits per heavy atom. The molecule has 1 aliphatic heterocycles. The topological polar surface area (TPSA) is 32.3 Å². The molecule has 0 spiro atoms. The first-order valence-corrected chi connectivity index (χ1v) is 8.78. The Balaban J connectivity index is 0.00000208. The van der Waals surface area contributed by atoms with Crippen LogP contribution in [0.3, 0.4) is 0 Å². The number of hydrogen-bond acceptors (Lipinski definition) is 3. The SMILES string of the molecule is CNCC1CCN(C(=O)c2ccc(-c3ccc(F)cc3)s2)CC1.Cl. The highest BCUT2D eigenvalue weighted by molar-refractivity contribution is 7.17. The van der Waals surface area contributed by atoms with Crippen LogP contribution in [-0.2, 0) is 0 Å². The highest BCUT2D eigenvalue weighted by Gasteiger charge is 2.24. The smallest absolute Gasteiger partial charge is 0.263 e. The normalized spacial score (nSPS) is 15.2. The zero-order chi connectivity index (χ0) is 16.2. The van der Waals surface area contributed by atoms with Crippen LogP contribution in [0, 0.1) is 11.7 Å². The molecule has 0 atom stereocenters. The van der Waals surface area contributed by atoms with Crippen LogP contribution in [0.1, 0.15) is 22.5 Å². The van der Waals surface area contributed by atoms with Gasteiger partial charge in [0.1, 0.15) is 5.82 Å². The fraction of sp³-hybridized carbons (Fsp3) is 0.389. The molecule has 3 rings (SSSR count). The monoisotopic (exact) mass is 368 g/mol.